The molecule has 0 aromatic carbocycles. The molecular formula is C35H60O8. The van der Waals surface area contributed by atoms with E-state index < -0.39 is 49.0 Å². The molecule has 5 rings (SSSR count). The van der Waals surface area contributed by atoms with E-state index in [-0.39, 0.29) is 46.5 Å². The van der Waals surface area contributed by atoms with Crippen molar-refractivity contribution in [3.63, 3.8) is 0 Å². The second-order valence-corrected chi connectivity index (χ2v) is 16.0. The highest BCUT2D eigenvalue weighted by molar-refractivity contribution is 5.26. The Kier molecular flexibility index (Phi) is 9.86. The molecule has 3 saturated carbocycles. The lowest BCUT2D eigenvalue weighted by atomic mass is 9.46. The molecule has 4 fully saturated rings. The Bertz CT molecular complexity index is 1000. The standard InChI is InChI=1S/C35H60O8/c1-8-22(17(2)3)25(37)15-18(4)26-32(43-33-31(41)30(40)28(38)19(5)42-33)29(39)27-23-10-9-20-16-21(36)11-13-34(20,6)24(23)12-14-35(26,27)7/h9,17-19,21-33,36-41H,8,10-16H2,1-7H3/t18-,19+,21+,22-,23-,24+,25+,26+,27-,28+,29+,30-,31-,32-,33+,34+,35-/m1/s1. The van der Waals surface area contributed by atoms with Crippen molar-refractivity contribution in [3.8, 4) is 0 Å². The summed E-state index contributed by atoms with van der Waals surface area (Å²) in [5.41, 5.74) is 1.14. The second kappa shape index (κ2) is 12.6. The van der Waals surface area contributed by atoms with Crippen molar-refractivity contribution in [2.75, 3.05) is 0 Å². The Hall–Kier alpha value is -0.580. The minimum absolute atomic E-state index is 0.0173. The first kappa shape index (κ1) is 33.8. The van der Waals surface area contributed by atoms with E-state index in [4.69, 9.17) is 9.47 Å². The molecule has 43 heavy (non-hydrogen) atoms. The van der Waals surface area contributed by atoms with Crippen LogP contribution in [0.25, 0.3) is 0 Å². The summed E-state index contributed by atoms with van der Waals surface area (Å²) in [6.07, 6.45) is 0.977. The van der Waals surface area contributed by atoms with Gasteiger partial charge < -0.3 is 40.1 Å². The molecule has 8 nitrogen and oxygen atoms in total. The lowest BCUT2D eigenvalue weighted by molar-refractivity contribution is -0.314. The quantitative estimate of drug-likeness (QED) is 0.229. The molecule has 4 aliphatic carbocycles. The summed E-state index contributed by atoms with van der Waals surface area (Å²) in [6, 6.07) is 0. The summed E-state index contributed by atoms with van der Waals surface area (Å²) < 4.78 is 12.5. The predicted molar refractivity (Wildman–Crippen MR) is 164 cm³/mol. The first-order chi connectivity index (χ1) is 20.1. The molecule has 17 atom stereocenters. The van der Waals surface area contributed by atoms with Crippen LogP contribution in [0.15, 0.2) is 11.6 Å². The molecule has 0 aromatic rings. The van der Waals surface area contributed by atoms with Crippen LogP contribution in [0.5, 0.6) is 0 Å². The fourth-order valence-electron chi connectivity index (χ4n) is 11.1. The van der Waals surface area contributed by atoms with E-state index in [1.807, 2.05) is 0 Å². The Morgan fingerprint density at radius 2 is 1.67 bits per heavy atom. The summed E-state index contributed by atoms with van der Waals surface area (Å²) in [5.74, 6) is 1.08. The van der Waals surface area contributed by atoms with Crippen molar-refractivity contribution < 1.29 is 40.1 Å². The molecule has 6 N–H and O–H groups in total. The maximum absolute atomic E-state index is 12.3. The molecule has 1 heterocycles. The largest absolute Gasteiger partial charge is 0.393 e. The van der Waals surface area contributed by atoms with Gasteiger partial charge in [0.25, 0.3) is 0 Å². The number of rotatable bonds is 8. The summed E-state index contributed by atoms with van der Waals surface area (Å²) in [5, 5.41) is 65.9. The van der Waals surface area contributed by atoms with Gasteiger partial charge in [0.2, 0.25) is 0 Å². The fourth-order valence-corrected chi connectivity index (χ4v) is 11.1. The lowest BCUT2D eigenvalue weighted by Gasteiger charge is -2.58. The van der Waals surface area contributed by atoms with Crippen molar-refractivity contribution in [3.05, 3.63) is 11.6 Å². The van der Waals surface area contributed by atoms with Crippen LogP contribution in [0.4, 0.5) is 0 Å². The Morgan fingerprint density at radius 1 is 0.977 bits per heavy atom. The van der Waals surface area contributed by atoms with Gasteiger partial charge in [-0.15, -0.1) is 0 Å². The second-order valence-electron chi connectivity index (χ2n) is 16.0. The smallest absolute Gasteiger partial charge is 0.186 e. The maximum atomic E-state index is 12.3. The van der Waals surface area contributed by atoms with Gasteiger partial charge in [0.15, 0.2) is 6.29 Å². The molecule has 5 aliphatic rings. The highest BCUT2D eigenvalue weighted by Gasteiger charge is 2.66. The minimum atomic E-state index is -1.44. The Labute approximate surface area is 258 Å². The van der Waals surface area contributed by atoms with Crippen LogP contribution in [-0.4, -0.2) is 85.8 Å². The summed E-state index contributed by atoms with van der Waals surface area (Å²) in [7, 11) is 0. The van der Waals surface area contributed by atoms with Crippen molar-refractivity contribution in [1.82, 2.24) is 0 Å². The highest BCUT2D eigenvalue weighted by atomic mass is 16.7. The van der Waals surface area contributed by atoms with E-state index >= 15 is 0 Å². The zero-order valence-corrected chi connectivity index (χ0v) is 27.5. The minimum Gasteiger partial charge on any atom is -0.393 e. The van der Waals surface area contributed by atoms with Gasteiger partial charge >= 0.3 is 0 Å². The highest BCUT2D eigenvalue weighted by Crippen LogP contribution is 2.68. The predicted octanol–water partition coefficient (Wildman–Crippen LogP) is 3.79. The molecule has 0 unspecified atom stereocenters. The Balaban J connectivity index is 1.49. The van der Waals surface area contributed by atoms with Crippen LogP contribution in [0.1, 0.15) is 99.8 Å². The average molecular weight is 609 g/mol. The molecule has 0 spiro atoms. The SMILES string of the molecule is CC[C@H](C(C)C)[C@@H](O)C[C@@H](C)[C@H]1[C@@H](O[C@@H]2O[C@@H](C)[C@H](O)[C@@H](O)[C@H]2O)[C@@H](O)[C@H]2[C@@H]3CC=C4C[C@@H](O)CC[C@]4(C)[C@H]3CC[C@]12C. The van der Waals surface area contributed by atoms with E-state index in [1.165, 1.54) is 5.57 Å². The first-order valence-electron chi connectivity index (χ1n) is 17.2. The van der Waals surface area contributed by atoms with Crippen molar-refractivity contribution >= 4 is 0 Å². The molecule has 248 valence electrons. The third-order valence-corrected chi connectivity index (χ3v) is 13.3. The van der Waals surface area contributed by atoms with Gasteiger partial charge in [0, 0.05) is 0 Å². The van der Waals surface area contributed by atoms with Crippen LogP contribution >= 0.6 is 0 Å². The summed E-state index contributed by atoms with van der Waals surface area (Å²) in [4.78, 5) is 0. The molecular weight excluding hydrogens is 548 g/mol. The molecule has 8 heteroatoms. The molecule has 0 amide bonds. The zero-order valence-electron chi connectivity index (χ0n) is 27.5. The van der Waals surface area contributed by atoms with Crippen LogP contribution < -0.4 is 0 Å². The van der Waals surface area contributed by atoms with Crippen molar-refractivity contribution in [1.29, 1.82) is 0 Å². The van der Waals surface area contributed by atoms with E-state index in [1.54, 1.807) is 6.92 Å². The van der Waals surface area contributed by atoms with Crippen LogP contribution in [0.3, 0.4) is 0 Å². The molecule has 0 aromatic heterocycles. The average Bonchev–Trinajstić information content (AvgIpc) is 3.16. The van der Waals surface area contributed by atoms with E-state index in [0.717, 1.165) is 44.9 Å². The van der Waals surface area contributed by atoms with Crippen LogP contribution in [0.2, 0.25) is 0 Å². The van der Waals surface area contributed by atoms with Crippen LogP contribution in [-0.2, 0) is 9.47 Å². The van der Waals surface area contributed by atoms with Gasteiger partial charge in [0.05, 0.1) is 30.5 Å². The first-order valence-corrected chi connectivity index (χ1v) is 17.2. The van der Waals surface area contributed by atoms with E-state index in [2.05, 4.69) is 47.6 Å². The molecule has 1 saturated heterocycles. The molecule has 0 radical (unpaired) electrons. The van der Waals surface area contributed by atoms with Gasteiger partial charge in [-0.25, -0.2) is 0 Å². The van der Waals surface area contributed by atoms with Gasteiger partial charge in [-0.1, -0.05) is 59.6 Å². The molecule has 1 aliphatic heterocycles. The monoisotopic (exact) mass is 608 g/mol. The molecule has 0 bridgehead atoms. The zero-order chi connectivity index (χ0) is 31.6. The number of allylic oxidation sites excluding steroid dienone is 1. The summed E-state index contributed by atoms with van der Waals surface area (Å²) >= 11 is 0. The third kappa shape index (κ3) is 5.68. The topological polar surface area (TPSA) is 140 Å². The number of hydrogen-bond acceptors (Lipinski definition) is 8. The van der Waals surface area contributed by atoms with Crippen molar-refractivity contribution in [2.45, 2.75) is 155 Å². The summed E-state index contributed by atoms with van der Waals surface area (Å²) in [6.45, 7) is 14.9. The lowest BCUT2D eigenvalue weighted by Crippen LogP contribution is -2.58. The number of aliphatic hydroxyl groups is 6. The van der Waals surface area contributed by atoms with Gasteiger partial charge in [-0.05, 0) is 104 Å². The number of fused-ring (bicyclic) bond motifs is 5. The third-order valence-electron chi connectivity index (χ3n) is 13.3. The number of hydrogen-bond donors (Lipinski definition) is 6. The fraction of sp³-hybridized carbons (Fsp3) is 0.943. The Morgan fingerprint density at radius 3 is 2.33 bits per heavy atom. The normalized spacial score (nSPS) is 50.3. The van der Waals surface area contributed by atoms with Crippen molar-refractivity contribution in [2.24, 2.45) is 52.3 Å². The van der Waals surface area contributed by atoms with E-state index in [0.29, 0.717) is 18.3 Å². The maximum Gasteiger partial charge on any atom is 0.186 e. The van der Waals surface area contributed by atoms with Gasteiger partial charge in [0.1, 0.15) is 18.3 Å². The van der Waals surface area contributed by atoms with Gasteiger partial charge in [-0.3, -0.25) is 0 Å². The van der Waals surface area contributed by atoms with Gasteiger partial charge in [-0.2, -0.15) is 0 Å². The number of aliphatic hydroxyl groups excluding tert-OH is 6. The van der Waals surface area contributed by atoms with Crippen LogP contribution in [0, 0.1) is 52.3 Å². The number of ether oxygens (including phenoxy) is 2. The van der Waals surface area contributed by atoms with E-state index in [9.17, 15) is 30.6 Å².